The summed E-state index contributed by atoms with van der Waals surface area (Å²) in [4.78, 5) is 28.5. The van der Waals surface area contributed by atoms with Crippen LogP contribution < -0.4 is 0 Å². The lowest BCUT2D eigenvalue weighted by Crippen LogP contribution is -2.48. The van der Waals surface area contributed by atoms with Crippen LogP contribution in [-0.2, 0) is 17.6 Å². The van der Waals surface area contributed by atoms with E-state index in [1.165, 1.54) is 33.4 Å². The number of benzene rings is 3. The Labute approximate surface area is 205 Å². The smallest absolute Gasteiger partial charge is 0.410 e. The molecule has 2 heterocycles. The quantitative estimate of drug-likeness (QED) is 0.435. The topological polar surface area (TPSA) is 46.6 Å². The van der Waals surface area contributed by atoms with Gasteiger partial charge in [-0.25, -0.2) is 4.79 Å². The van der Waals surface area contributed by atoms with Crippen LogP contribution >= 0.6 is 0 Å². The maximum absolute atomic E-state index is 13.3. The van der Waals surface area contributed by atoms with Crippen molar-refractivity contribution < 1.29 is 14.3 Å². The molecule has 176 valence electrons. The summed E-state index contributed by atoms with van der Waals surface area (Å²) in [6.45, 7) is 0.348. The Morgan fingerprint density at radius 2 is 1.43 bits per heavy atom. The highest BCUT2D eigenvalue weighted by molar-refractivity contribution is 5.98. The molecule has 0 spiro atoms. The van der Waals surface area contributed by atoms with Gasteiger partial charge in [-0.2, -0.15) is 0 Å². The predicted molar refractivity (Wildman–Crippen MR) is 135 cm³/mol. The van der Waals surface area contributed by atoms with Crippen molar-refractivity contribution in [2.24, 2.45) is 5.92 Å². The molecule has 4 nitrogen and oxygen atoms in total. The van der Waals surface area contributed by atoms with Gasteiger partial charge in [-0.15, -0.1) is 0 Å². The number of hydrogen-bond acceptors (Lipinski definition) is 3. The van der Waals surface area contributed by atoms with E-state index in [1.807, 2.05) is 11.0 Å². The third-order valence-electron chi connectivity index (χ3n) is 8.81. The standard InChI is InChI=1S/C31H29NO3/c33-30(21-12-10-19-9-11-20(19)15-21)22-16-23-13-14-24(17-22)32(23)31(34)35-18-29-27-7-3-1-5-25(27)26-6-2-4-8-28(26)29/h1-8,10,12,15,22-24,29H,9,11,13-14,16-18H2. The summed E-state index contributed by atoms with van der Waals surface area (Å²) in [7, 11) is 0. The molecule has 4 aliphatic rings. The summed E-state index contributed by atoms with van der Waals surface area (Å²) in [6.07, 6.45) is 5.42. The van der Waals surface area contributed by atoms with Gasteiger partial charge in [0.15, 0.2) is 5.78 Å². The van der Waals surface area contributed by atoms with Crippen LogP contribution in [0.25, 0.3) is 11.1 Å². The second-order valence-corrected chi connectivity index (χ2v) is 10.6. The van der Waals surface area contributed by atoms with Gasteiger partial charge in [0.05, 0.1) is 0 Å². The van der Waals surface area contributed by atoms with Gasteiger partial charge >= 0.3 is 6.09 Å². The molecule has 2 aliphatic heterocycles. The second-order valence-electron chi connectivity index (χ2n) is 10.6. The van der Waals surface area contributed by atoms with Gasteiger partial charge in [0.1, 0.15) is 6.61 Å². The van der Waals surface area contributed by atoms with E-state index in [2.05, 4.69) is 60.7 Å². The Kier molecular flexibility index (Phi) is 4.83. The third-order valence-corrected chi connectivity index (χ3v) is 8.81. The van der Waals surface area contributed by atoms with Crippen molar-refractivity contribution in [3.05, 3.63) is 94.5 Å². The molecule has 4 heteroatoms. The highest BCUT2D eigenvalue weighted by Gasteiger charge is 2.46. The summed E-state index contributed by atoms with van der Waals surface area (Å²) >= 11 is 0. The lowest BCUT2D eigenvalue weighted by atomic mass is 9.81. The van der Waals surface area contributed by atoms with E-state index in [1.54, 1.807) is 0 Å². The minimum atomic E-state index is -0.216. The molecule has 0 N–H and O–H groups in total. The van der Waals surface area contributed by atoms with Gasteiger partial charge in [-0.05, 0) is 78.0 Å². The Balaban J connectivity index is 1.04. The van der Waals surface area contributed by atoms with Crippen LogP contribution in [-0.4, -0.2) is 35.5 Å². The number of amides is 1. The second kappa shape index (κ2) is 8.08. The highest BCUT2D eigenvalue weighted by atomic mass is 16.6. The zero-order chi connectivity index (χ0) is 23.5. The van der Waals surface area contributed by atoms with Gasteiger partial charge in [0, 0.05) is 29.5 Å². The molecular formula is C31H29NO3. The first-order chi connectivity index (χ1) is 17.2. The number of piperidine rings is 1. The molecule has 1 amide bonds. The Hall–Kier alpha value is -3.40. The normalized spacial score (nSPS) is 23.8. The molecule has 0 aromatic heterocycles. The fraction of sp³-hybridized carbons (Fsp3) is 0.355. The van der Waals surface area contributed by atoms with Crippen LogP contribution in [0, 0.1) is 5.92 Å². The summed E-state index contributed by atoms with van der Waals surface area (Å²) in [6, 6.07) is 23.2. The molecule has 2 fully saturated rings. The Morgan fingerprint density at radius 1 is 0.800 bits per heavy atom. The van der Waals surface area contributed by atoms with Crippen LogP contribution in [0.3, 0.4) is 0 Å². The zero-order valence-electron chi connectivity index (χ0n) is 19.8. The molecule has 3 aromatic rings. The number of carbonyl (C=O) groups excluding carboxylic acids is 2. The summed E-state index contributed by atoms with van der Waals surface area (Å²) < 4.78 is 5.98. The van der Waals surface area contributed by atoms with Crippen molar-refractivity contribution in [1.82, 2.24) is 4.90 Å². The first-order valence-corrected chi connectivity index (χ1v) is 13.0. The Morgan fingerprint density at radius 3 is 2.03 bits per heavy atom. The fourth-order valence-corrected chi connectivity index (χ4v) is 6.94. The first kappa shape index (κ1) is 20.9. The highest BCUT2D eigenvalue weighted by Crippen LogP contribution is 2.45. The molecule has 0 saturated carbocycles. The predicted octanol–water partition coefficient (Wildman–Crippen LogP) is 6.16. The van der Waals surface area contributed by atoms with Gasteiger partial charge in [-0.3, -0.25) is 4.79 Å². The van der Waals surface area contributed by atoms with E-state index in [-0.39, 0.29) is 35.8 Å². The number of carbonyl (C=O) groups is 2. The minimum absolute atomic E-state index is 0.00302. The number of fused-ring (bicyclic) bond motifs is 6. The summed E-state index contributed by atoms with van der Waals surface area (Å²) in [5, 5.41) is 0. The van der Waals surface area contributed by atoms with Crippen molar-refractivity contribution in [3.63, 3.8) is 0 Å². The van der Waals surface area contributed by atoms with Crippen molar-refractivity contribution in [1.29, 1.82) is 0 Å². The number of nitrogens with zero attached hydrogens (tertiary/aromatic N) is 1. The monoisotopic (exact) mass is 463 g/mol. The van der Waals surface area contributed by atoms with E-state index in [4.69, 9.17) is 4.74 Å². The van der Waals surface area contributed by atoms with E-state index >= 15 is 0 Å². The zero-order valence-corrected chi connectivity index (χ0v) is 19.8. The molecule has 35 heavy (non-hydrogen) atoms. The van der Waals surface area contributed by atoms with Crippen molar-refractivity contribution in [2.75, 3.05) is 6.61 Å². The van der Waals surface area contributed by atoms with Gasteiger partial charge in [0.2, 0.25) is 0 Å². The van der Waals surface area contributed by atoms with Gasteiger partial charge in [0.25, 0.3) is 0 Å². The first-order valence-electron chi connectivity index (χ1n) is 13.0. The molecule has 2 aliphatic carbocycles. The number of rotatable bonds is 4. The van der Waals surface area contributed by atoms with E-state index < -0.39 is 0 Å². The summed E-state index contributed by atoms with van der Waals surface area (Å²) in [5.41, 5.74) is 8.49. The summed E-state index contributed by atoms with van der Waals surface area (Å²) in [5.74, 6) is 0.325. The number of ketones is 1. The maximum atomic E-state index is 13.3. The molecule has 3 aromatic carbocycles. The third kappa shape index (κ3) is 3.34. The molecule has 0 radical (unpaired) electrons. The van der Waals surface area contributed by atoms with E-state index in [0.29, 0.717) is 6.61 Å². The average Bonchev–Trinajstić information content (AvgIpc) is 3.33. The molecule has 7 rings (SSSR count). The number of ether oxygens (including phenoxy) is 1. The van der Waals surface area contributed by atoms with Crippen LogP contribution in [0.4, 0.5) is 4.79 Å². The average molecular weight is 464 g/mol. The molecular weight excluding hydrogens is 434 g/mol. The lowest BCUT2D eigenvalue weighted by Gasteiger charge is -2.38. The van der Waals surface area contributed by atoms with Crippen molar-refractivity contribution in [2.45, 2.75) is 56.5 Å². The van der Waals surface area contributed by atoms with E-state index in [0.717, 1.165) is 44.1 Å². The van der Waals surface area contributed by atoms with Crippen LogP contribution in [0.1, 0.15) is 64.2 Å². The van der Waals surface area contributed by atoms with Gasteiger partial charge in [-0.1, -0.05) is 60.7 Å². The van der Waals surface area contributed by atoms with Gasteiger partial charge < -0.3 is 9.64 Å². The largest absolute Gasteiger partial charge is 0.448 e. The molecule has 2 atom stereocenters. The number of aryl methyl sites for hydroxylation is 2. The van der Waals surface area contributed by atoms with Crippen LogP contribution in [0.15, 0.2) is 66.7 Å². The SMILES string of the molecule is O=C(c1ccc2c(c1)CC2)C1CC2CCC(C1)N2C(=O)OCC1c2ccccc2-c2ccccc21. The minimum Gasteiger partial charge on any atom is -0.448 e. The lowest BCUT2D eigenvalue weighted by molar-refractivity contribution is 0.0506. The number of hydrogen-bond donors (Lipinski definition) is 0. The fourth-order valence-electron chi connectivity index (χ4n) is 6.94. The molecule has 2 unspecified atom stereocenters. The molecule has 2 saturated heterocycles. The maximum Gasteiger partial charge on any atom is 0.410 e. The van der Waals surface area contributed by atoms with Crippen LogP contribution in [0.5, 0.6) is 0 Å². The van der Waals surface area contributed by atoms with Crippen LogP contribution in [0.2, 0.25) is 0 Å². The Bertz CT molecular complexity index is 1290. The van der Waals surface area contributed by atoms with Crippen molar-refractivity contribution >= 4 is 11.9 Å². The van der Waals surface area contributed by atoms with E-state index in [9.17, 15) is 9.59 Å². The number of Topliss-reactive ketones (excluding diaryl/α,β-unsaturated/α-hetero) is 1. The van der Waals surface area contributed by atoms with Crippen molar-refractivity contribution in [3.8, 4) is 11.1 Å². The molecule has 2 bridgehead atoms.